The number of methoxy groups -OCH3 is 4. The normalized spacial score (nSPS) is 20.0. The summed E-state index contributed by atoms with van der Waals surface area (Å²) in [5, 5.41) is 0.856. The van der Waals surface area contributed by atoms with Crippen LogP contribution in [-0.4, -0.2) is 51.8 Å². The van der Waals surface area contributed by atoms with E-state index in [9.17, 15) is 0 Å². The molecule has 0 spiro atoms. The molecule has 3 aliphatic rings. The van der Waals surface area contributed by atoms with Gasteiger partial charge in [-0.05, 0) is 75.0 Å². The number of hydrogen-bond acceptors (Lipinski definition) is 5. The predicted octanol–water partition coefficient (Wildman–Crippen LogP) is 9.76. The molecule has 0 fully saturated rings. The van der Waals surface area contributed by atoms with Gasteiger partial charge in [-0.1, -0.05) is 51.4 Å². The van der Waals surface area contributed by atoms with Crippen LogP contribution in [-0.2, 0) is 10.8 Å². The molecular formula is C40H52ClN2O4+. The molecule has 252 valence electrons. The van der Waals surface area contributed by atoms with E-state index < -0.39 is 0 Å². The van der Waals surface area contributed by atoms with E-state index in [1.807, 2.05) is 12.1 Å². The van der Waals surface area contributed by atoms with Crippen LogP contribution < -0.4 is 23.8 Å². The zero-order valence-electron chi connectivity index (χ0n) is 30.0. The second-order valence-corrected chi connectivity index (χ2v) is 14.0. The molecule has 2 aromatic rings. The number of fused-ring (bicyclic) bond motifs is 2. The first-order valence-electron chi connectivity index (χ1n) is 16.9. The van der Waals surface area contributed by atoms with Gasteiger partial charge in [0.2, 0.25) is 5.69 Å². The zero-order chi connectivity index (χ0) is 34.1. The van der Waals surface area contributed by atoms with Crippen molar-refractivity contribution in [2.45, 2.75) is 84.5 Å². The van der Waals surface area contributed by atoms with E-state index in [2.05, 4.69) is 87.5 Å². The number of ether oxygens (including phenoxy) is 4. The molecule has 0 saturated carbocycles. The molecule has 0 unspecified atom stereocenters. The van der Waals surface area contributed by atoms with E-state index in [1.165, 1.54) is 33.9 Å². The average Bonchev–Trinajstić information content (AvgIpc) is 3.41. The van der Waals surface area contributed by atoms with Crippen LogP contribution in [0.3, 0.4) is 0 Å². The lowest BCUT2D eigenvalue weighted by Gasteiger charge is -2.27. The third kappa shape index (κ3) is 5.88. The van der Waals surface area contributed by atoms with Gasteiger partial charge in [-0.3, -0.25) is 0 Å². The van der Waals surface area contributed by atoms with Crippen LogP contribution >= 0.6 is 11.6 Å². The quantitative estimate of drug-likeness (QED) is 0.225. The van der Waals surface area contributed by atoms with E-state index in [1.54, 1.807) is 28.4 Å². The number of benzene rings is 2. The molecule has 0 aromatic heterocycles. The molecule has 0 bridgehead atoms. The van der Waals surface area contributed by atoms with E-state index in [0.29, 0.717) is 0 Å². The van der Waals surface area contributed by atoms with Crippen molar-refractivity contribution >= 4 is 28.7 Å². The number of rotatable bonds is 11. The SMILES string of the molecule is CCCN1C(=CC=C2CCCC(C=CC3=[N+](CCC)c4ccc(OC)c(OC)c4C3(C)C)=C2Cl)C(C)(C)c2c1ccc(OC)c2OC. The second kappa shape index (κ2) is 13.8. The van der Waals surface area contributed by atoms with Crippen molar-refractivity contribution in [3.8, 4) is 23.0 Å². The fourth-order valence-electron chi connectivity index (χ4n) is 7.77. The number of hydrogen-bond donors (Lipinski definition) is 0. The number of halogens is 1. The molecule has 2 aromatic carbocycles. The fraction of sp³-hybridized carbons (Fsp3) is 0.475. The molecule has 7 heteroatoms. The van der Waals surface area contributed by atoms with Crippen molar-refractivity contribution in [2.24, 2.45) is 0 Å². The van der Waals surface area contributed by atoms with Gasteiger partial charge in [-0.15, -0.1) is 0 Å². The monoisotopic (exact) mass is 659 g/mol. The molecule has 0 N–H and O–H groups in total. The summed E-state index contributed by atoms with van der Waals surface area (Å²) in [5.41, 5.74) is 8.95. The Morgan fingerprint density at radius 1 is 0.787 bits per heavy atom. The molecule has 6 nitrogen and oxygen atoms in total. The van der Waals surface area contributed by atoms with Crippen molar-refractivity contribution in [1.29, 1.82) is 0 Å². The van der Waals surface area contributed by atoms with Gasteiger partial charge >= 0.3 is 0 Å². The summed E-state index contributed by atoms with van der Waals surface area (Å²) in [7, 11) is 6.84. The van der Waals surface area contributed by atoms with Gasteiger partial charge < -0.3 is 23.8 Å². The molecular weight excluding hydrogens is 608 g/mol. The first-order chi connectivity index (χ1) is 22.5. The highest BCUT2D eigenvalue weighted by molar-refractivity contribution is 6.32. The Balaban J connectivity index is 1.54. The smallest absolute Gasteiger partial charge is 0.213 e. The Labute approximate surface area is 287 Å². The van der Waals surface area contributed by atoms with Gasteiger partial charge in [-0.2, -0.15) is 4.58 Å². The van der Waals surface area contributed by atoms with E-state index in [0.717, 1.165) is 84.4 Å². The van der Waals surface area contributed by atoms with Crippen molar-refractivity contribution < 1.29 is 23.5 Å². The van der Waals surface area contributed by atoms with E-state index in [-0.39, 0.29) is 10.8 Å². The zero-order valence-corrected chi connectivity index (χ0v) is 30.7. The Bertz CT molecular complexity index is 1690. The maximum atomic E-state index is 7.23. The lowest BCUT2D eigenvalue weighted by molar-refractivity contribution is -0.437. The van der Waals surface area contributed by atoms with Gasteiger partial charge in [0.25, 0.3) is 0 Å². The van der Waals surface area contributed by atoms with Crippen molar-refractivity contribution in [3.63, 3.8) is 0 Å². The molecule has 1 aliphatic carbocycles. The van der Waals surface area contributed by atoms with Crippen LogP contribution in [0.5, 0.6) is 23.0 Å². The van der Waals surface area contributed by atoms with E-state index in [4.69, 9.17) is 30.5 Å². The molecule has 0 amide bonds. The lowest BCUT2D eigenvalue weighted by atomic mass is 9.80. The summed E-state index contributed by atoms with van der Waals surface area (Å²) in [6, 6.07) is 8.33. The minimum Gasteiger partial charge on any atom is -0.493 e. The predicted molar refractivity (Wildman–Crippen MR) is 195 cm³/mol. The Kier molecular flexibility index (Phi) is 10.2. The maximum Gasteiger partial charge on any atom is 0.213 e. The first-order valence-corrected chi connectivity index (χ1v) is 17.3. The maximum absolute atomic E-state index is 7.23. The standard InChI is InChI=1S/C40H52ClN2O4/c1-11-24-42-28-18-20-30(44-7)37(46-9)34(28)39(3,4)32(42)22-16-26-14-13-15-27(36(26)41)17-23-33-40(5,6)35-29(43(33)25-12-2)19-21-31(45-8)38(35)47-10/h16-23H,11-15,24-25H2,1-10H3/q+1. The highest BCUT2D eigenvalue weighted by Gasteiger charge is 2.47. The minimum absolute atomic E-state index is 0.277. The molecule has 5 rings (SSSR count). The summed E-state index contributed by atoms with van der Waals surface area (Å²) in [4.78, 5) is 2.43. The van der Waals surface area contributed by atoms with Crippen LogP contribution in [0, 0.1) is 0 Å². The third-order valence-corrected chi connectivity index (χ3v) is 10.5. The summed E-state index contributed by atoms with van der Waals surface area (Å²) >= 11 is 7.23. The van der Waals surface area contributed by atoms with Crippen LogP contribution in [0.15, 0.2) is 70.4 Å². The summed E-state index contributed by atoms with van der Waals surface area (Å²) in [6.45, 7) is 15.4. The van der Waals surface area contributed by atoms with Gasteiger partial charge in [0.1, 0.15) is 6.54 Å². The largest absolute Gasteiger partial charge is 0.493 e. The van der Waals surface area contributed by atoms with Crippen molar-refractivity contribution in [1.82, 2.24) is 0 Å². The Hall–Kier alpha value is -3.64. The topological polar surface area (TPSA) is 43.2 Å². The van der Waals surface area contributed by atoms with Gasteiger partial charge in [-0.25, -0.2) is 0 Å². The van der Waals surface area contributed by atoms with Gasteiger partial charge in [0, 0.05) is 52.5 Å². The summed E-state index contributed by atoms with van der Waals surface area (Å²) in [5.74, 6) is 3.12. The molecule has 0 atom stereocenters. The summed E-state index contributed by atoms with van der Waals surface area (Å²) < 4.78 is 25.6. The van der Waals surface area contributed by atoms with Gasteiger partial charge in [0.05, 0.1) is 39.4 Å². The summed E-state index contributed by atoms with van der Waals surface area (Å²) in [6.07, 6.45) is 14.1. The van der Waals surface area contributed by atoms with Crippen LogP contribution in [0.4, 0.5) is 11.4 Å². The average molecular weight is 660 g/mol. The van der Waals surface area contributed by atoms with Crippen LogP contribution in [0.25, 0.3) is 0 Å². The Morgan fingerprint density at radius 2 is 1.45 bits per heavy atom. The lowest BCUT2D eigenvalue weighted by Crippen LogP contribution is -2.28. The van der Waals surface area contributed by atoms with Crippen LogP contribution in [0.1, 0.15) is 84.8 Å². The molecule has 2 aliphatic heterocycles. The molecule has 0 radical (unpaired) electrons. The number of nitrogens with zero attached hydrogens (tertiary/aromatic N) is 2. The fourth-order valence-corrected chi connectivity index (χ4v) is 8.09. The molecule has 0 saturated heterocycles. The Morgan fingerprint density at radius 3 is 2.06 bits per heavy atom. The number of anilines is 1. The minimum atomic E-state index is -0.277. The van der Waals surface area contributed by atoms with Gasteiger partial charge in [0.15, 0.2) is 28.7 Å². The molecule has 2 heterocycles. The number of allylic oxidation sites excluding steroid dienone is 8. The third-order valence-electron chi connectivity index (χ3n) is 9.98. The molecule has 47 heavy (non-hydrogen) atoms. The highest BCUT2D eigenvalue weighted by atomic mass is 35.5. The van der Waals surface area contributed by atoms with Crippen LogP contribution in [0.2, 0.25) is 0 Å². The van der Waals surface area contributed by atoms with E-state index >= 15 is 0 Å². The van der Waals surface area contributed by atoms with Crippen molar-refractivity contribution in [2.75, 3.05) is 46.4 Å². The van der Waals surface area contributed by atoms with Crippen molar-refractivity contribution in [3.05, 3.63) is 81.6 Å². The first kappa shape index (κ1) is 34.7. The second-order valence-electron chi connectivity index (χ2n) is 13.6. The highest BCUT2D eigenvalue weighted by Crippen LogP contribution is 2.55.